The largest absolute Gasteiger partial charge is 0.342 e. The van der Waals surface area contributed by atoms with Crippen LogP contribution >= 0.6 is 0 Å². The van der Waals surface area contributed by atoms with E-state index in [1.807, 2.05) is 6.92 Å². The van der Waals surface area contributed by atoms with Crippen molar-refractivity contribution < 1.29 is 14.4 Å². The summed E-state index contributed by atoms with van der Waals surface area (Å²) in [6, 6.07) is 0. The van der Waals surface area contributed by atoms with E-state index in [4.69, 9.17) is 0 Å². The molecule has 8 nitrogen and oxygen atoms in total. The number of amides is 3. The van der Waals surface area contributed by atoms with E-state index in [0.717, 1.165) is 0 Å². The van der Waals surface area contributed by atoms with Crippen LogP contribution in [0.2, 0.25) is 0 Å². The van der Waals surface area contributed by atoms with Crippen LogP contribution in [0.25, 0.3) is 0 Å². The number of carbonyl (C=O) groups excluding carboxylic acids is 3. The van der Waals surface area contributed by atoms with Crippen LogP contribution in [0.15, 0.2) is 18.6 Å². The molecule has 0 saturated carbocycles. The lowest BCUT2D eigenvalue weighted by Gasteiger charge is -2.33. The molecule has 1 aromatic heterocycles. The average molecular weight is 345 g/mol. The molecule has 0 radical (unpaired) electrons. The van der Waals surface area contributed by atoms with Crippen molar-refractivity contribution in [2.24, 2.45) is 5.41 Å². The minimum absolute atomic E-state index is 0.0319. The summed E-state index contributed by atoms with van der Waals surface area (Å²) in [7, 11) is 0. The molecule has 1 atom stereocenters. The van der Waals surface area contributed by atoms with Crippen molar-refractivity contribution in [3.63, 3.8) is 0 Å². The molecule has 0 bridgehead atoms. The second kappa shape index (κ2) is 6.78. The van der Waals surface area contributed by atoms with Gasteiger partial charge in [0, 0.05) is 70.4 Å². The lowest BCUT2D eigenvalue weighted by molar-refractivity contribution is -0.130. The third-order valence-corrected chi connectivity index (χ3v) is 4.99. The van der Waals surface area contributed by atoms with Crippen LogP contribution in [0.3, 0.4) is 0 Å². The van der Waals surface area contributed by atoms with E-state index in [1.165, 1.54) is 25.5 Å². The van der Waals surface area contributed by atoms with E-state index in [0.29, 0.717) is 45.7 Å². The van der Waals surface area contributed by atoms with Crippen molar-refractivity contribution in [1.82, 2.24) is 24.7 Å². The molecule has 2 aliphatic heterocycles. The van der Waals surface area contributed by atoms with Gasteiger partial charge in [0.1, 0.15) is 5.69 Å². The van der Waals surface area contributed by atoms with Crippen molar-refractivity contribution in [3.8, 4) is 0 Å². The molecule has 2 aliphatic rings. The van der Waals surface area contributed by atoms with Crippen molar-refractivity contribution in [2.45, 2.75) is 20.3 Å². The molecule has 1 spiro atoms. The van der Waals surface area contributed by atoms with Crippen LogP contribution in [0.5, 0.6) is 0 Å². The van der Waals surface area contributed by atoms with Gasteiger partial charge in [0.2, 0.25) is 11.8 Å². The predicted molar refractivity (Wildman–Crippen MR) is 89.5 cm³/mol. The van der Waals surface area contributed by atoms with Crippen LogP contribution < -0.4 is 0 Å². The summed E-state index contributed by atoms with van der Waals surface area (Å²) in [6.07, 6.45) is 4.81. The zero-order valence-corrected chi connectivity index (χ0v) is 14.6. The van der Waals surface area contributed by atoms with E-state index >= 15 is 0 Å². The highest BCUT2D eigenvalue weighted by atomic mass is 16.2. The topological polar surface area (TPSA) is 86.7 Å². The third kappa shape index (κ3) is 3.47. The molecular formula is C17H23N5O3. The predicted octanol–water partition coefficient (Wildman–Crippen LogP) is 0.0195. The van der Waals surface area contributed by atoms with Gasteiger partial charge in [-0.05, 0) is 6.92 Å². The maximum Gasteiger partial charge on any atom is 0.274 e. The van der Waals surface area contributed by atoms with Crippen molar-refractivity contribution in [1.29, 1.82) is 0 Å². The molecule has 0 aliphatic carbocycles. The maximum atomic E-state index is 12.8. The molecule has 3 amide bonds. The maximum absolute atomic E-state index is 12.8. The molecule has 2 fully saturated rings. The van der Waals surface area contributed by atoms with Gasteiger partial charge in [0.25, 0.3) is 5.91 Å². The van der Waals surface area contributed by atoms with E-state index < -0.39 is 5.41 Å². The van der Waals surface area contributed by atoms with Gasteiger partial charge in [-0.3, -0.25) is 19.4 Å². The molecule has 1 aromatic rings. The fourth-order valence-electron chi connectivity index (χ4n) is 3.75. The Hall–Kier alpha value is -2.51. The molecule has 0 N–H and O–H groups in total. The van der Waals surface area contributed by atoms with Gasteiger partial charge in [-0.1, -0.05) is 0 Å². The summed E-state index contributed by atoms with van der Waals surface area (Å²) in [5.41, 5.74) is -0.141. The molecule has 3 rings (SSSR count). The van der Waals surface area contributed by atoms with E-state index in [-0.39, 0.29) is 23.4 Å². The van der Waals surface area contributed by atoms with Crippen molar-refractivity contribution in [3.05, 3.63) is 24.3 Å². The van der Waals surface area contributed by atoms with E-state index in [2.05, 4.69) is 9.97 Å². The smallest absolute Gasteiger partial charge is 0.274 e. The second-order valence-electron chi connectivity index (χ2n) is 6.84. The summed E-state index contributed by atoms with van der Waals surface area (Å²) in [6.45, 7) is 6.50. The van der Waals surface area contributed by atoms with Crippen LogP contribution in [-0.4, -0.2) is 81.7 Å². The third-order valence-electron chi connectivity index (χ3n) is 4.99. The Balaban J connectivity index is 1.88. The quantitative estimate of drug-likeness (QED) is 0.754. The summed E-state index contributed by atoms with van der Waals surface area (Å²) < 4.78 is 0. The molecular weight excluding hydrogens is 322 g/mol. The fourth-order valence-corrected chi connectivity index (χ4v) is 3.75. The number of hydrogen-bond donors (Lipinski definition) is 0. The van der Waals surface area contributed by atoms with Crippen LogP contribution in [-0.2, 0) is 9.59 Å². The summed E-state index contributed by atoms with van der Waals surface area (Å²) in [5.74, 6) is -0.157. The number of aromatic nitrogens is 2. The van der Waals surface area contributed by atoms with Gasteiger partial charge in [-0.2, -0.15) is 0 Å². The van der Waals surface area contributed by atoms with Crippen LogP contribution in [0, 0.1) is 5.41 Å². The molecule has 3 heterocycles. The SMILES string of the molecule is CCN1CC2(CC1=O)CN(C(C)=O)CCN(C(=O)c1cnccn1)C2. The first-order valence-electron chi connectivity index (χ1n) is 8.53. The second-order valence-corrected chi connectivity index (χ2v) is 6.84. The molecule has 1 unspecified atom stereocenters. The number of likely N-dealkylation sites (tertiary alicyclic amines) is 1. The number of rotatable bonds is 2. The monoisotopic (exact) mass is 345 g/mol. The average Bonchev–Trinajstić information content (AvgIpc) is 2.80. The minimum Gasteiger partial charge on any atom is -0.342 e. The first-order valence-corrected chi connectivity index (χ1v) is 8.53. The van der Waals surface area contributed by atoms with Crippen molar-refractivity contribution >= 4 is 17.7 Å². The zero-order chi connectivity index (χ0) is 18.0. The highest BCUT2D eigenvalue weighted by Crippen LogP contribution is 2.35. The van der Waals surface area contributed by atoms with Gasteiger partial charge < -0.3 is 14.7 Å². The first-order chi connectivity index (χ1) is 11.9. The van der Waals surface area contributed by atoms with Gasteiger partial charge in [0.15, 0.2) is 0 Å². The Labute approximate surface area is 146 Å². The lowest BCUT2D eigenvalue weighted by Crippen LogP contribution is -2.45. The van der Waals surface area contributed by atoms with Crippen molar-refractivity contribution in [2.75, 3.05) is 39.3 Å². The zero-order valence-electron chi connectivity index (χ0n) is 14.6. The Kier molecular flexibility index (Phi) is 4.69. The van der Waals surface area contributed by atoms with Gasteiger partial charge in [0.05, 0.1) is 6.20 Å². The molecule has 134 valence electrons. The van der Waals surface area contributed by atoms with E-state index in [1.54, 1.807) is 14.7 Å². The fraction of sp³-hybridized carbons (Fsp3) is 0.588. The summed E-state index contributed by atoms with van der Waals surface area (Å²) in [4.78, 5) is 50.4. The summed E-state index contributed by atoms with van der Waals surface area (Å²) in [5, 5.41) is 0. The molecule has 8 heteroatoms. The number of nitrogens with zero attached hydrogens (tertiary/aromatic N) is 5. The van der Waals surface area contributed by atoms with Crippen LogP contribution in [0.1, 0.15) is 30.8 Å². The Morgan fingerprint density at radius 3 is 2.48 bits per heavy atom. The Bertz CT molecular complexity index is 680. The molecule has 0 aromatic carbocycles. The van der Waals surface area contributed by atoms with Crippen LogP contribution in [0.4, 0.5) is 0 Å². The standard InChI is InChI=1S/C17H23N5O3/c1-3-20-10-17(8-15(20)24)11-21(13(2)23)6-7-22(12-17)16(25)14-9-18-4-5-19-14/h4-5,9H,3,6-8,10-12H2,1-2H3. The Morgan fingerprint density at radius 1 is 1.16 bits per heavy atom. The summed E-state index contributed by atoms with van der Waals surface area (Å²) >= 11 is 0. The highest BCUT2D eigenvalue weighted by Gasteiger charge is 2.47. The van der Waals surface area contributed by atoms with Gasteiger partial charge in [-0.15, -0.1) is 0 Å². The van der Waals surface area contributed by atoms with Gasteiger partial charge in [-0.25, -0.2) is 4.98 Å². The normalized spacial score (nSPS) is 23.9. The van der Waals surface area contributed by atoms with E-state index in [9.17, 15) is 14.4 Å². The highest BCUT2D eigenvalue weighted by molar-refractivity contribution is 5.92. The molecule has 2 saturated heterocycles. The van der Waals surface area contributed by atoms with Gasteiger partial charge >= 0.3 is 0 Å². The number of carbonyl (C=O) groups is 3. The molecule has 25 heavy (non-hydrogen) atoms. The first kappa shape index (κ1) is 17.3. The number of hydrogen-bond acceptors (Lipinski definition) is 5. The lowest BCUT2D eigenvalue weighted by atomic mass is 9.85. The minimum atomic E-state index is -0.423. The Morgan fingerprint density at radius 2 is 1.88 bits per heavy atom.